The lowest BCUT2D eigenvalue weighted by Crippen LogP contribution is -2.35. The number of aromatic carboxylic acids is 1. The molecule has 22 heavy (non-hydrogen) atoms. The molecule has 2 rings (SSSR count). The first-order valence-corrected chi connectivity index (χ1v) is 9.19. The van der Waals surface area contributed by atoms with Gasteiger partial charge in [0.2, 0.25) is 0 Å². The molecule has 1 aromatic carbocycles. The van der Waals surface area contributed by atoms with Crippen LogP contribution < -0.4 is 0 Å². The van der Waals surface area contributed by atoms with Crippen LogP contribution in [-0.4, -0.2) is 46.0 Å². The third-order valence-electron chi connectivity index (χ3n) is 4.02. The fraction of sp³-hybridized carbons (Fsp3) is 0.500. The molecule has 1 saturated carbocycles. The lowest BCUT2D eigenvalue weighted by atomic mass is 10.1. The summed E-state index contributed by atoms with van der Waals surface area (Å²) in [6.07, 6.45) is 3.17. The molecule has 6 heteroatoms. The number of carbonyl (C=O) groups is 2. The van der Waals surface area contributed by atoms with E-state index in [0.717, 1.165) is 25.0 Å². The van der Waals surface area contributed by atoms with Crippen LogP contribution in [0.25, 0.3) is 0 Å². The number of thioether (sulfide) groups is 1. The van der Waals surface area contributed by atoms with E-state index in [2.05, 4.69) is 22.9 Å². The molecule has 4 nitrogen and oxygen atoms in total. The van der Waals surface area contributed by atoms with E-state index >= 15 is 0 Å². The van der Waals surface area contributed by atoms with Gasteiger partial charge in [-0.05, 0) is 43.2 Å². The van der Waals surface area contributed by atoms with E-state index < -0.39 is 5.97 Å². The van der Waals surface area contributed by atoms with Gasteiger partial charge < -0.3 is 10.0 Å². The quantitative estimate of drug-likeness (QED) is 0.834. The lowest BCUT2D eigenvalue weighted by molar-refractivity contribution is 0.0697. The van der Waals surface area contributed by atoms with Crippen molar-refractivity contribution in [3.8, 4) is 0 Å². The van der Waals surface area contributed by atoms with Crippen molar-refractivity contribution in [1.29, 1.82) is 0 Å². The van der Waals surface area contributed by atoms with Crippen LogP contribution in [0.1, 0.15) is 46.9 Å². The molecule has 120 valence electrons. The Kier molecular flexibility index (Phi) is 5.92. The Balaban J connectivity index is 2.12. The number of hydrogen-bond acceptors (Lipinski definition) is 3. The largest absolute Gasteiger partial charge is 0.478 e. The van der Waals surface area contributed by atoms with E-state index in [1.807, 2.05) is 18.8 Å². The van der Waals surface area contributed by atoms with Crippen LogP contribution in [0.15, 0.2) is 22.7 Å². The zero-order chi connectivity index (χ0) is 16.3. The standard InChI is InChI=1S/C16H20BrNO3S/c1-3-22-14-5-4-13(9-14)18(2)15(19)10-6-11(16(20)21)8-12(17)7-10/h6-8,13-14H,3-5,9H2,1-2H3,(H,20,21). The van der Waals surface area contributed by atoms with Gasteiger partial charge in [-0.15, -0.1) is 0 Å². The summed E-state index contributed by atoms with van der Waals surface area (Å²) in [5, 5.41) is 9.74. The van der Waals surface area contributed by atoms with Crippen LogP contribution in [-0.2, 0) is 0 Å². The monoisotopic (exact) mass is 385 g/mol. The molecular weight excluding hydrogens is 366 g/mol. The fourth-order valence-electron chi connectivity index (χ4n) is 2.86. The van der Waals surface area contributed by atoms with Crippen LogP contribution in [0.4, 0.5) is 0 Å². The minimum absolute atomic E-state index is 0.115. The smallest absolute Gasteiger partial charge is 0.335 e. The van der Waals surface area contributed by atoms with Crippen molar-refractivity contribution in [3.63, 3.8) is 0 Å². The first kappa shape index (κ1) is 17.3. The van der Waals surface area contributed by atoms with Gasteiger partial charge in [-0.1, -0.05) is 22.9 Å². The van der Waals surface area contributed by atoms with Gasteiger partial charge in [-0.3, -0.25) is 4.79 Å². The Hall–Kier alpha value is -1.01. The zero-order valence-electron chi connectivity index (χ0n) is 12.7. The number of benzene rings is 1. The third-order valence-corrected chi connectivity index (χ3v) is 5.71. The van der Waals surface area contributed by atoms with Crippen molar-refractivity contribution in [2.24, 2.45) is 0 Å². The zero-order valence-corrected chi connectivity index (χ0v) is 15.1. The molecule has 0 saturated heterocycles. The summed E-state index contributed by atoms with van der Waals surface area (Å²) in [6, 6.07) is 4.86. The number of nitrogens with zero attached hydrogens (tertiary/aromatic N) is 1. The first-order valence-electron chi connectivity index (χ1n) is 7.35. The van der Waals surface area contributed by atoms with Gasteiger partial charge in [0.1, 0.15) is 0 Å². The van der Waals surface area contributed by atoms with Crippen molar-refractivity contribution in [3.05, 3.63) is 33.8 Å². The molecule has 0 radical (unpaired) electrons. The molecule has 2 unspecified atom stereocenters. The normalized spacial score (nSPS) is 20.9. The maximum absolute atomic E-state index is 12.6. The summed E-state index contributed by atoms with van der Waals surface area (Å²) in [7, 11) is 1.81. The minimum Gasteiger partial charge on any atom is -0.478 e. The SMILES string of the molecule is CCSC1CCC(N(C)C(=O)c2cc(Br)cc(C(=O)O)c2)C1. The molecule has 0 heterocycles. The van der Waals surface area contributed by atoms with E-state index in [1.54, 1.807) is 11.0 Å². The van der Waals surface area contributed by atoms with Crippen molar-refractivity contribution in [2.75, 3.05) is 12.8 Å². The highest BCUT2D eigenvalue weighted by atomic mass is 79.9. The number of carboxylic acids is 1. The molecule has 0 spiro atoms. The van der Waals surface area contributed by atoms with Crippen LogP contribution in [0, 0.1) is 0 Å². The Bertz CT molecular complexity index is 579. The molecule has 0 aliphatic heterocycles. The fourth-order valence-corrected chi connectivity index (χ4v) is 4.49. The highest BCUT2D eigenvalue weighted by molar-refractivity contribution is 9.10. The summed E-state index contributed by atoms with van der Waals surface area (Å²) in [5.41, 5.74) is 0.540. The van der Waals surface area contributed by atoms with Crippen LogP contribution in [0.2, 0.25) is 0 Å². The summed E-state index contributed by atoms with van der Waals surface area (Å²) in [4.78, 5) is 25.5. The topological polar surface area (TPSA) is 57.6 Å². The summed E-state index contributed by atoms with van der Waals surface area (Å²) >= 11 is 5.23. The average Bonchev–Trinajstić information content (AvgIpc) is 2.94. The number of halogens is 1. The molecule has 1 aromatic rings. The van der Waals surface area contributed by atoms with Crippen LogP contribution in [0.3, 0.4) is 0 Å². The maximum Gasteiger partial charge on any atom is 0.335 e. The second-order valence-corrected chi connectivity index (χ2v) is 7.99. The minimum atomic E-state index is -1.03. The highest BCUT2D eigenvalue weighted by Gasteiger charge is 2.30. The van der Waals surface area contributed by atoms with E-state index in [-0.39, 0.29) is 17.5 Å². The predicted octanol–water partition coefficient (Wildman–Crippen LogP) is 3.89. The van der Waals surface area contributed by atoms with Crippen molar-refractivity contribution in [1.82, 2.24) is 4.90 Å². The first-order chi connectivity index (χ1) is 10.4. The molecule has 1 N–H and O–H groups in total. The van der Waals surface area contributed by atoms with E-state index in [4.69, 9.17) is 5.11 Å². The molecule has 1 aliphatic rings. The van der Waals surface area contributed by atoms with Gasteiger partial charge in [0.15, 0.2) is 0 Å². The second kappa shape index (κ2) is 7.51. The number of carboxylic acid groups (broad SMARTS) is 1. The molecule has 1 fully saturated rings. The van der Waals surface area contributed by atoms with Crippen molar-refractivity contribution in [2.45, 2.75) is 37.5 Å². The number of amides is 1. The summed E-state index contributed by atoms with van der Waals surface area (Å²) in [5.74, 6) is -0.0444. The Labute approximate surface area is 143 Å². The van der Waals surface area contributed by atoms with Gasteiger partial charge in [0.25, 0.3) is 5.91 Å². The third kappa shape index (κ3) is 4.04. The van der Waals surface area contributed by atoms with Gasteiger partial charge >= 0.3 is 5.97 Å². The molecule has 0 bridgehead atoms. The van der Waals surface area contributed by atoms with Crippen LogP contribution in [0.5, 0.6) is 0 Å². The van der Waals surface area contributed by atoms with Crippen LogP contribution >= 0.6 is 27.7 Å². The van der Waals surface area contributed by atoms with E-state index in [1.165, 1.54) is 12.1 Å². The van der Waals surface area contributed by atoms with E-state index in [0.29, 0.717) is 15.3 Å². The number of rotatable bonds is 5. The summed E-state index contributed by atoms with van der Waals surface area (Å²) in [6.45, 7) is 2.15. The lowest BCUT2D eigenvalue weighted by Gasteiger charge is -2.25. The Morgan fingerprint density at radius 3 is 2.64 bits per heavy atom. The Morgan fingerprint density at radius 2 is 2.00 bits per heavy atom. The van der Waals surface area contributed by atoms with Gasteiger partial charge in [-0.2, -0.15) is 11.8 Å². The van der Waals surface area contributed by atoms with E-state index in [9.17, 15) is 9.59 Å². The molecule has 0 aromatic heterocycles. The number of hydrogen-bond donors (Lipinski definition) is 1. The highest BCUT2D eigenvalue weighted by Crippen LogP contribution is 2.32. The second-order valence-electron chi connectivity index (χ2n) is 5.49. The molecule has 2 atom stereocenters. The Morgan fingerprint density at radius 1 is 1.32 bits per heavy atom. The molecule has 1 aliphatic carbocycles. The maximum atomic E-state index is 12.6. The average molecular weight is 386 g/mol. The van der Waals surface area contributed by atoms with Gasteiger partial charge in [0.05, 0.1) is 5.56 Å². The van der Waals surface area contributed by atoms with Crippen molar-refractivity contribution >= 4 is 39.6 Å². The molecular formula is C16H20BrNO3S. The van der Waals surface area contributed by atoms with Gasteiger partial charge in [-0.25, -0.2) is 4.79 Å². The number of carbonyl (C=O) groups excluding carboxylic acids is 1. The predicted molar refractivity (Wildman–Crippen MR) is 92.8 cm³/mol. The van der Waals surface area contributed by atoms with Crippen molar-refractivity contribution < 1.29 is 14.7 Å². The summed E-state index contributed by atoms with van der Waals surface area (Å²) < 4.78 is 0.606. The molecule has 1 amide bonds. The van der Waals surface area contributed by atoms with Gasteiger partial charge in [0, 0.05) is 28.4 Å².